The third-order valence-electron chi connectivity index (χ3n) is 3.79. The van der Waals surface area contributed by atoms with Crippen LogP contribution < -0.4 is 4.74 Å². The molecule has 5 heteroatoms. The number of hydrogen-bond donors (Lipinski definition) is 1. The molecule has 1 N–H and O–H groups in total. The summed E-state index contributed by atoms with van der Waals surface area (Å²) in [4.78, 5) is 11.6. The Morgan fingerprint density at radius 2 is 1.87 bits per heavy atom. The predicted molar refractivity (Wildman–Crippen MR) is 87.0 cm³/mol. The Labute approximate surface area is 133 Å². The Kier molecular flexibility index (Phi) is 3.93. The number of hydrogen-bond acceptors (Lipinski definition) is 4. The van der Waals surface area contributed by atoms with Crippen molar-refractivity contribution in [1.29, 1.82) is 0 Å². The van der Waals surface area contributed by atoms with E-state index >= 15 is 0 Å². The first-order chi connectivity index (χ1) is 11.1. The van der Waals surface area contributed by atoms with E-state index in [1.807, 2.05) is 30.5 Å². The topological polar surface area (TPSA) is 60.7 Å². The molecule has 1 aromatic heterocycles. The SMILES string of the molecule is COC(=O)c1ccc2cn(Cc3ccc(OC)cc3)c(O)c2c1. The van der Waals surface area contributed by atoms with E-state index < -0.39 is 5.97 Å². The Bertz CT molecular complexity index is 849. The number of benzene rings is 2. The van der Waals surface area contributed by atoms with Crippen LogP contribution in [0.3, 0.4) is 0 Å². The van der Waals surface area contributed by atoms with Crippen molar-refractivity contribution in [1.82, 2.24) is 4.57 Å². The van der Waals surface area contributed by atoms with Crippen LogP contribution >= 0.6 is 0 Å². The second kappa shape index (κ2) is 6.04. The van der Waals surface area contributed by atoms with Crippen molar-refractivity contribution in [3.05, 3.63) is 59.8 Å². The van der Waals surface area contributed by atoms with Gasteiger partial charge in [0.25, 0.3) is 0 Å². The van der Waals surface area contributed by atoms with Crippen LogP contribution in [0.15, 0.2) is 48.7 Å². The first-order valence-corrected chi connectivity index (χ1v) is 7.15. The summed E-state index contributed by atoms with van der Waals surface area (Å²) in [6, 6.07) is 12.8. The molecule has 0 atom stereocenters. The summed E-state index contributed by atoms with van der Waals surface area (Å²) in [6.45, 7) is 0.526. The van der Waals surface area contributed by atoms with Gasteiger partial charge in [0.2, 0.25) is 0 Å². The fraction of sp³-hybridized carbons (Fsp3) is 0.167. The molecule has 0 bridgehead atoms. The van der Waals surface area contributed by atoms with Gasteiger partial charge in [-0.1, -0.05) is 18.2 Å². The van der Waals surface area contributed by atoms with Crippen molar-refractivity contribution in [2.75, 3.05) is 14.2 Å². The standard InChI is InChI=1S/C18H17NO4/c1-22-15-7-3-12(4-8-15)10-19-11-14-6-5-13(18(21)23-2)9-16(14)17(19)20/h3-9,11,20H,10H2,1-2H3. The maximum atomic E-state index is 11.6. The third-order valence-corrected chi connectivity index (χ3v) is 3.79. The lowest BCUT2D eigenvalue weighted by Crippen LogP contribution is -2.00. The number of nitrogens with zero attached hydrogens (tertiary/aromatic N) is 1. The summed E-state index contributed by atoms with van der Waals surface area (Å²) in [5.74, 6) is 0.495. The molecule has 0 aliphatic carbocycles. The van der Waals surface area contributed by atoms with Crippen LogP contribution in [-0.2, 0) is 11.3 Å². The number of rotatable bonds is 4. The van der Waals surface area contributed by atoms with Gasteiger partial charge < -0.3 is 19.1 Å². The molecule has 0 saturated heterocycles. The Morgan fingerprint density at radius 1 is 1.13 bits per heavy atom. The van der Waals surface area contributed by atoms with Crippen LogP contribution in [0.2, 0.25) is 0 Å². The van der Waals surface area contributed by atoms with E-state index in [0.717, 1.165) is 16.7 Å². The summed E-state index contributed by atoms with van der Waals surface area (Å²) < 4.78 is 11.6. The molecule has 0 spiro atoms. The number of esters is 1. The van der Waals surface area contributed by atoms with E-state index in [4.69, 9.17) is 9.47 Å². The van der Waals surface area contributed by atoms with Gasteiger partial charge >= 0.3 is 5.97 Å². The van der Waals surface area contributed by atoms with E-state index in [9.17, 15) is 9.90 Å². The minimum Gasteiger partial charge on any atom is -0.497 e. The van der Waals surface area contributed by atoms with Crippen LogP contribution in [0.5, 0.6) is 11.6 Å². The highest BCUT2D eigenvalue weighted by Crippen LogP contribution is 2.29. The maximum absolute atomic E-state index is 11.6. The molecule has 1 heterocycles. The van der Waals surface area contributed by atoms with E-state index in [0.29, 0.717) is 17.5 Å². The predicted octanol–water partition coefficient (Wildman–Crippen LogP) is 3.19. The first kappa shape index (κ1) is 15.0. The first-order valence-electron chi connectivity index (χ1n) is 7.15. The van der Waals surface area contributed by atoms with Crippen LogP contribution in [0.1, 0.15) is 15.9 Å². The van der Waals surface area contributed by atoms with Gasteiger partial charge in [0, 0.05) is 17.0 Å². The normalized spacial score (nSPS) is 10.7. The number of aromatic hydroxyl groups is 1. The van der Waals surface area contributed by atoms with Crippen LogP contribution in [0.25, 0.3) is 10.8 Å². The van der Waals surface area contributed by atoms with Crippen molar-refractivity contribution in [3.63, 3.8) is 0 Å². The van der Waals surface area contributed by atoms with Crippen LogP contribution in [0.4, 0.5) is 0 Å². The van der Waals surface area contributed by atoms with Crippen molar-refractivity contribution in [3.8, 4) is 11.6 Å². The van der Waals surface area contributed by atoms with Gasteiger partial charge in [0.15, 0.2) is 5.88 Å². The monoisotopic (exact) mass is 311 g/mol. The van der Waals surface area contributed by atoms with Crippen molar-refractivity contribution in [2.45, 2.75) is 6.54 Å². The maximum Gasteiger partial charge on any atom is 0.337 e. The lowest BCUT2D eigenvalue weighted by atomic mass is 10.1. The minimum absolute atomic E-state index is 0.126. The highest BCUT2D eigenvalue weighted by Gasteiger charge is 2.12. The molecule has 2 aromatic carbocycles. The second-order valence-corrected chi connectivity index (χ2v) is 5.22. The summed E-state index contributed by atoms with van der Waals surface area (Å²) in [6.07, 6.45) is 1.86. The number of methoxy groups -OCH3 is 2. The van der Waals surface area contributed by atoms with Gasteiger partial charge in [-0.15, -0.1) is 0 Å². The average Bonchev–Trinajstić information content (AvgIpc) is 2.90. The zero-order valence-electron chi connectivity index (χ0n) is 12.9. The zero-order valence-corrected chi connectivity index (χ0v) is 12.9. The van der Waals surface area contributed by atoms with Gasteiger partial charge in [-0.2, -0.15) is 0 Å². The second-order valence-electron chi connectivity index (χ2n) is 5.22. The number of carbonyl (C=O) groups excluding carboxylic acids is 1. The summed E-state index contributed by atoms with van der Waals surface area (Å²) >= 11 is 0. The van der Waals surface area contributed by atoms with Crippen molar-refractivity contribution in [2.24, 2.45) is 0 Å². The van der Waals surface area contributed by atoms with Gasteiger partial charge in [-0.3, -0.25) is 0 Å². The molecular formula is C18H17NO4. The van der Waals surface area contributed by atoms with Crippen LogP contribution in [-0.4, -0.2) is 29.9 Å². The number of ether oxygens (including phenoxy) is 2. The van der Waals surface area contributed by atoms with Gasteiger partial charge in [-0.05, 0) is 29.8 Å². The molecule has 3 aromatic rings. The molecule has 0 amide bonds. The molecule has 0 fully saturated rings. The lowest BCUT2D eigenvalue weighted by molar-refractivity contribution is 0.0601. The molecule has 0 saturated carbocycles. The summed E-state index contributed by atoms with van der Waals surface area (Å²) in [5.41, 5.74) is 1.45. The quantitative estimate of drug-likeness (QED) is 0.752. The zero-order chi connectivity index (χ0) is 16.4. The van der Waals surface area contributed by atoms with Crippen molar-refractivity contribution < 1.29 is 19.4 Å². The van der Waals surface area contributed by atoms with Gasteiger partial charge in [0.1, 0.15) is 5.75 Å². The van der Waals surface area contributed by atoms with Crippen molar-refractivity contribution >= 4 is 16.7 Å². The fourth-order valence-corrected chi connectivity index (χ4v) is 2.54. The Hall–Kier alpha value is -2.95. The number of aromatic nitrogens is 1. The van der Waals surface area contributed by atoms with E-state index in [2.05, 4.69) is 0 Å². The minimum atomic E-state index is -0.422. The third kappa shape index (κ3) is 2.85. The highest BCUT2D eigenvalue weighted by atomic mass is 16.5. The molecule has 118 valence electrons. The summed E-state index contributed by atoms with van der Waals surface area (Å²) in [5, 5.41) is 11.9. The van der Waals surface area contributed by atoms with E-state index in [-0.39, 0.29) is 5.88 Å². The van der Waals surface area contributed by atoms with E-state index in [1.165, 1.54) is 7.11 Å². The Morgan fingerprint density at radius 3 is 2.52 bits per heavy atom. The molecule has 5 nitrogen and oxygen atoms in total. The number of carbonyl (C=O) groups is 1. The Balaban J connectivity index is 1.94. The summed E-state index contributed by atoms with van der Waals surface area (Å²) in [7, 11) is 2.96. The average molecular weight is 311 g/mol. The molecule has 0 aliphatic rings. The lowest BCUT2D eigenvalue weighted by Gasteiger charge is -2.06. The largest absolute Gasteiger partial charge is 0.497 e. The molecule has 0 unspecified atom stereocenters. The molecule has 0 radical (unpaired) electrons. The van der Waals surface area contributed by atoms with Gasteiger partial charge in [0.05, 0.1) is 26.3 Å². The number of fused-ring (bicyclic) bond motifs is 1. The smallest absolute Gasteiger partial charge is 0.337 e. The fourth-order valence-electron chi connectivity index (χ4n) is 2.54. The molecule has 23 heavy (non-hydrogen) atoms. The molecule has 0 aliphatic heterocycles. The van der Waals surface area contributed by atoms with Crippen LogP contribution in [0, 0.1) is 0 Å². The highest BCUT2D eigenvalue weighted by molar-refractivity contribution is 5.97. The van der Waals surface area contributed by atoms with E-state index in [1.54, 1.807) is 29.9 Å². The van der Waals surface area contributed by atoms with Gasteiger partial charge in [-0.25, -0.2) is 4.79 Å². The molecular weight excluding hydrogens is 294 g/mol. The molecule has 3 rings (SSSR count).